The van der Waals surface area contributed by atoms with Gasteiger partial charge in [-0.3, -0.25) is 9.59 Å². The molecule has 0 fully saturated rings. The summed E-state index contributed by atoms with van der Waals surface area (Å²) in [6.45, 7) is 0.202. The zero-order chi connectivity index (χ0) is 13.5. The molecule has 0 bridgehead atoms. The maximum atomic E-state index is 11.5. The van der Waals surface area contributed by atoms with Gasteiger partial charge in [-0.2, -0.15) is 0 Å². The molecule has 8 heteroatoms. The van der Waals surface area contributed by atoms with Crippen molar-refractivity contribution in [3.8, 4) is 0 Å². The Kier molecular flexibility index (Phi) is 4.73. The highest BCUT2D eigenvalue weighted by molar-refractivity contribution is 5.92. The highest BCUT2D eigenvalue weighted by Crippen LogP contribution is 1.96. The molecule has 0 radical (unpaired) electrons. The summed E-state index contributed by atoms with van der Waals surface area (Å²) in [5, 5.41) is 19.4. The van der Waals surface area contributed by atoms with Crippen molar-refractivity contribution >= 4 is 17.8 Å². The number of amides is 1. The zero-order valence-corrected chi connectivity index (χ0v) is 9.29. The predicted octanol–water partition coefficient (Wildman–Crippen LogP) is -0.231. The van der Waals surface area contributed by atoms with Crippen LogP contribution in [0.15, 0.2) is 12.4 Å². The lowest BCUT2D eigenvalue weighted by Gasteiger charge is -2.03. The average Bonchev–Trinajstić information content (AvgIpc) is 2.34. The number of carboxylic acids is 2. The van der Waals surface area contributed by atoms with Crippen LogP contribution in [0.2, 0.25) is 0 Å². The first kappa shape index (κ1) is 13.6. The van der Waals surface area contributed by atoms with Gasteiger partial charge >= 0.3 is 11.9 Å². The minimum atomic E-state index is -1.23. The van der Waals surface area contributed by atoms with Crippen molar-refractivity contribution in [3.63, 3.8) is 0 Å². The van der Waals surface area contributed by atoms with Crippen molar-refractivity contribution in [3.05, 3.63) is 23.8 Å². The number of aromatic nitrogens is 2. The molecule has 1 heterocycles. The number of carbonyl (C=O) groups excluding carboxylic acids is 1. The van der Waals surface area contributed by atoms with Crippen LogP contribution >= 0.6 is 0 Å². The van der Waals surface area contributed by atoms with Gasteiger partial charge in [0.2, 0.25) is 0 Å². The maximum Gasteiger partial charge on any atom is 0.356 e. The second-order valence-electron chi connectivity index (χ2n) is 3.35. The maximum absolute atomic E-state index is 11.5. The second-order valence-corrected chi connectivity index (χ2v) is 3.35. The van der Waals surface area contributed by atoms with E-state index in [1.807, 2.05) is 0 Å². The predicted molar refractivity (Wildman–Crippen MR) is 58.2 cm³/mol. The van der Waals surface area contributed by atoms with E-state index in [4.69, 9.17) is 10.2 Å². The van der Waals surface area contributed by atoms with Gasteiger partial charge in [0.05, 0.1) is 12.4 Å². The number of hydrogen-bond donors (Lipinski definition) is 3. The Morgan fingerprint density at radius 1 is 1.11 bits per heavy atom. The number of nitrogens with one attached hydrogen (secondary N) is 1. The van der Waals surface area contributed by atoms with Crippen LogP contribution in [-0.4, -0.2) is 44.6 Å². The molecule has 96 valence electrons. The largest absolute Gasteiger partial charge is 0.481 e. The van der Waals surface area contributed by atoms with E-state index in [1.54, 1.807) is 0 Å². The van der Waals surface area contributed by atoms with E-state index in [0.29, 0.717) is 6.42 Å². The molecule has 0 aliphatic carbocycles. The van der Waals surface area contributed by atoms with Crippen molar-refractivity contribution in [2.75, 3.05) is 6.54 Å². The minimum Gasteiger partial charge on any atom is -0.481 e. The van der Waals surface area contributed by atoms with Crippen LogP contribution in [0, 0.1) is 0 Å². The lowest BCUT2D eigenvalue weighted by atomic mass is 10.3. The fraction of sp³-hybridized carbons (Fsp3) is 0.300. The molecule has 1 aromatic rings. The molecule has 0 aliphatic rings. The van der Waals surface area contributed by atoms with Gasteiger partial charge in [-0.25, -0.2) is 14.8 Å². The fourth-order valence-electron chi connectivity index (χ4n) is 1.09. The normalized spacial score (nSPS) is 9.78. The fourth-order valence-corrected chi connectivity index (χ4v) is 1.09. The van der Waals surface area contributed by atoms with E-state index in [1.165, 1.54) is 0 Å². The Bertz CT molecular complexity index is 457. The summed E-state index contributed by atoms with van der Waals surface area (Å²) >= 11 is 0. The highest BCUT2D eigenvalue weighted by Gasteiger charge is 2.10. The van der Waals surface area contributed by atoms with Gasteiger partial charge in [-0.05, 0) is 6.42 Å². The molecule has 1 rings (SSSR count). The van der Waals surface area contributed by atoms with Crippen LogP contribution in [0.1, 0.15) is 33.8 Å². The molecular weight excluding hydrogens is 242 g/mol. The van der Waals surface area contributed by atoms with Crippen LogP contribution in [-0.2, 0) is 4.79 Å². The molecule has 1 amide bonds. The lowest BCUT2D eigenvalue weighted by Crippen LogP contribution is -2.26. The summed E-state index contributed by atoms with van der Waals surface area (Å²) in [5.41, 5.74) is -0.271. The lowest BCUT2D eigenvalue weighted by molar-refractivity contribution is -0.137. The van der Waals surface area contributed by atoms with Gasteiger partial charge in [0.15, 0.2) is 5.69 Å². The second kappa shape index (κ2) is 6.28. The van der Waals surface area contributed by atoms with E-state index in [9.17, 15) is 14.4 Å². The van der Waals surface area contributed by atoms with E-state index >= 15 is 0 Å². The zero-order valence-electron chi connectivity index (χ0n) is 9.29. The Balaban J connectivity index is 2.46. The first-order chi connectivity index (χ1) is 8.50. The molecule has 8 nitrogen and oxygen atoms in total. The Hall–Kier alpha value is -2.51. The molecule has 0 aromatic carbocycles. The van der Waals surface area contributed by atoms with Gasteiger partial charge in [0, 0.05) is 13.0 Å². The van der Waals surface area contributed by atoms with E-state index in [-0.39, 0.29) is 24.4 Å². The number of aliphatic carboxylic acids is 1. The first-order valence-corrected chi connectivity index (χ1v) is 5.06. The van der Waals surface area contributed by atoms with Crippen LogP contribution in [0.5, 0.6) is 0 Å². The molecule has 0 aliphatic heterocycles. The molecule has 0 atom stereocenters. The van der Waals surface area contributed by atoms with Gasteiger partial charge < -0.3 is 15.5 Å². The summed E-state index contributed by atoms with van der Waals surface area (Å²) in [6.07, 6.45) is 2.30. The number of nitrogens with zero attached hydrogens (tertiary/aromatic N) is 2. The summed E-state index contributed by atoms with van der Waals surface area (Å²) in [4.78, 5) is 39.4. The standard InChI is InChI=1S/C10H11N3O5/c14-8(15)2-1-3-11-9(16)6-4-13-7(5-12-6)10(17)18/h4-5H,1-3H2,(H,11,16)(H,14,15)(H,17,18). The van der Waals surface area contributed by atoms with Crippen LogP contribution in [0.4, 0.5) is 0 Å². The van der Waals surface area contributed by atoms with E-state index in [0.717, 1.165) is 12.4 Å². The summed E-state index contributed by atoms with van der Waals surface area (Å²) in [7, 11) is 0. The number of aromatic carboxylic acids is 1. The molecule has 0 spiro atoms. The molecule has 0 saturated heterocycles. The molecule has 0 saturated carbocycles. The van der Waals surface area contributed by atoms with E-state index in [2.05, 4.69) is 15.3 Å². The van der Waals surface area contributed by atoms with Crippen molar-refractivity contribution in [1.29, 1.82) is 0 Å². The molecule has 0 unspecified atom stereocenters. The van der Waals surface area contributed by atoms with Crippen LogP contribution in [0.3, 0.4) is 0 Å². The minimum absolute atomic E-state index is 0.0182. The Morgan fingerprint density at radius 3 is 2.22 bits per heavy atom. The topological polar surface area (TPSA) is 129 Å². The smallest absolute Gasteiger partial charge is 0.356 e. The Morgan fingerprint density at radius 2 is 1.72 bits per heavy atom. The Labute approximate surface area is 102 Å². The number of carboxylic acid groups (broad SMARTS) is 2. The van der Waals surface area contributed by atoms with Crippen molar-refractivity contribution in [1.82, 2.24) is 15.3 Å². The van der Waals surface area contributed by atoms with Crippen molar-refractivity contribution in [2.45, 2.75) is 12.8 Å². The highest BCUT2D eigenvalue weighted by atomic mass is 16.4. The van der Waals surface area contributed by atoms with Crippen LogP contribution in [0.25, 0.3) is 0 Å². The molecule has 1 aromatic heterocycles. The summed E-state index contributed by atoms with van der Waals surface area (Å²) in [6, 6.07) is 0. The summed E-state index contributed by atoms with van der Waals surface area (Å²) in [5.74, 6) is -2.68. The average molecular weight is 253 g/mol. The summed E-state index contributed by atoms with van der Waals surface area (Å²) < 4.78 is 0. The molecule has 3 N–H and O–H groups in total. The number of hydrogen-bond acceptors (Lipinski definition) is 5. The van der Waals surface area contributed by atoms with Gasteiger partial charge in [-0.15, -0.1) is 0 Å². The van der Waals surface area contributed by atoms with Gasteiger partial charge in [-0.1, -0.05) is 0 Å². The van der Waals surface area contributed by atoms with Gasteiger partial charge in [0.1, 0.15) is 5.69 Å². The SMILES string of the molecule is O=C(O)CCCNC(=O)c1cnc(C(=O)O)cn1. The third-order valence-corrected chi connectivity index (χ3v) is 1.96. The first-order valence-electron chi connectivity index (χ1n) is 5.06. The third-order valence-electron chi connectivity index (χ3n) is 1.96. The molecule has 18 heavy (non-hydrogen) atoms. The van der Waals surface area contributed by atoms with Crippen LogP contribution < -0.4 is 5.32 Å². The molecular formula is C10H11N3O5. The number of rotatable bonds is 6. The van der Waals surface area contributed by atoms with E-state index < -0.39 is 17.8 Å². The van der Waals surface area contributed by atoms with Gasteiger partial charge in [0.25, 0.3) is 5.91 Å². The van der Waals surface area contributed by atoms with Crippen molar-refractivity contribution < 1.29 is 24.6 Å². The third kappa shape index (κ3) is 4.16. The van der Waals surface area contributed by atoms with Crippen molar-refractivity contribution in [2.24, 2.45) is 0 Å². The quantitative estimate of drug-likeness (QED) is 0.597. The monoisotopic (exact) mass is 253 g/mol. The number of carbonyl (C=O) groups is 3.